The second-order valence-corrected chi connectivity index (χ2v) is 34.7. The van der Waals surface area contributed by atoms with Crippen molar-refractivity contribution in [3.8, 4) is 0 Å². The van der Waals surface area contributed by atoms with Gasteiger partial charge >= 0.3 is 39.5 Å². The molecule has 0 amide bonds. The average molecular weight is 1550 g/mol. The van der Waals surface area contributed by atoms with E-state index in [4.69, 9.17) is 37.0 Å². The zero-order chi connectivity index (χ0) is 77.6. The molecule has 0 rings (SSSR count). The number of hydrogen-bond donors (Lipinski definition) is 3. The van der Waals surface area contributed by atoms with Gasteiger partial charge in [0.05, 0.1) is 26.4 Å². The Kier molecular flexibility index (Phi) is 78.2. The highest BCUT2D eigenvalue weighted by Crippen LogP contribution is 2.45. The van der Waals surface area contributed by atoms with Crippen LogP contribution in [0.2, 0.25) is 0 Å². The third-order valence-electron chi connectivity index (χ3n) is 20.5. The fourth-order valence-corrected chi connectivity index (χ4v) is 15.2. The molecule has 0 heterocycles. The predicted octanol–water partition coefficient (Wildman–Crippen LogP) is 26.8. The molecule has 0 aliphatic rings. The molecule has 0 aromatic heterocycles. The molecule has 5 atom stereocenters. The van der Waals surface area contributed by atoms with Gasteiger partial charge in [-0.25, -0.2) is 9.13 Å². The van der Waals surface area contributed by atoms with E-state index >= 15 is 0 Å². The van der Waals surface area contributed by atoms with Crippen LogP contribution in [0.25, 0.3) is 0 Å². The summed E-state index contributed by atoms with van der Waals surface area (Å²) in [6.07, 6.45) is 73.7. The zero-order valence-electron chi connectivity index (χ0n) is 69.6. The van der Waals surface area contributed by atoms with Crippen LogP contribution in [0.15, 0.2) is 0 Å². The van der Waals surface area contributed by atoms with E-state index in [1.165, 1.54) is 295 Å². The van der Waals surface area contributed by atoms with Crippen molar-refractivity contribution in [2.24, 2.45) is 5.92 Å². The molecule has 106 heavy (non-hydrogen) atoms. The smallest absolute Gasteiger partial charge is 0.462 e. The molecule has 0 saturated carbocycles. The van der Waals surface area contributed by atoms with Crippen molar-refractivity contribution < 1.29 is 80.2 Å². The van der Waals surface area contributed by atoms with Gasteiger partial charge in [0.25, 0.3) is 0 Å². The summed E-state index contributed by atoms with van der Waals surface area (Å²) in [5, 5.41) is 10.7. The minimum Gasteiger partial charge on any atom is -0.462 e. The Balaban J connectivity index is 5.20. The van der Waals surface area contributed by atoms with Gasteiger partial charge in [0.2, 0.25) is 0 Å². The molecule has 0 aliphatic heterocycles. The molecule has 0 aromatic carbocycles. The third kappa shape index (κ3) is 80.1. The van der Waals surface area contributed by atoms with Crippen LogP contribution in [0.3, 0.4) is 0 Å². The molecule has 2 unspecified atom stereocenters. The van der Waals surface area contributed by atoms with Crippen molar-refractivity contribution in [3.63, 3.8) is 0 Å². The highest BCUT2D eigenvalue weighted by Gasteiger charge is 2.30. The van der Waals surface area contributed by atoms with Crippen molar-refractivity contribution in [3.05, 3.63) is 0 Å². The van der Waals surface area contributed by atoms with E-state index in [0.29, 0.717) is 25.7 Å². The maximum Gasteiger partial charge on any atom is 0.472 e. The van der Waals surface area contributed by atoms with Gasteiger partial charge in [0.15, 0.2) is 12.2 Å². The van der Waals surface area contributed by atoms with Crippen molar-refractivity contribution in [2.75, 3.05) is 39.6 Å². The first-order chi connectivity index (χ1) is 51.5. The second kappa shape index (κ2) is 79.7. The molecule has 0 aromatic rings. The number of esters is 4. The van der Waals surface area contributed by atoms with Crippen molar-refractivity contribution >= 4 is 39.5 Å². The van der Waals surface area contributed by atoms with Gasteiger partial charge in [0, 0.05) is 25.7 Å². The van der Waals surface area contributed by atoms with E-state index in [1.54, 1.807) is 0 Å². The lowest BCUT2D eigenvalue weighted by Gasteiger charge is -2.21. The maximum absolute atomic E-state index is 13.2. The summed E-state index contributed by atoms with van der Waals surface area (Å²) in [5.41, 5.74) is 0. The number of carbonyl (C=O) groups excluding carboxylic acids is 4. The fraction of sp³-hybridized carbons (Fsp3) is 0.954. The highest BCUT2D eigenvalue weighted by atomic mass is 31.2. The molecule has 630 valence electrons. The third-order valence-corrected chi connectivity index (χ3v) is 22.4. The summed E-state index contributed by atoms with van der Waals surface area (Å²) in [6.45, 7) is 7.39. The van der Waals surface area contributed by atoms with Crippen LogP contribution < -0.4 is 0 Å². The van der Waals surface area contributed by atoms with Gasteiger partial charge in [-0.15, -0.1) is 0 Å². The van der Waals surface area contributed by atoms with Gasteiger partial charge in [-0.05, 0) is 31.6 Å². The minimum absolute atomic E-state index is 0.109. The quantitative estimate of drug-likeness (QED) is 0.0222. The molecule has 0 saturated heterocycles. The maximum atomic E-state index is 13.2. The van der Waals surface area contributed by atoms with Gasteiger partial charge in [-0.2, -0.15) is 0 Å². The van der Waals surface area contributed by atoms with Crippen LogP contribution in [-0.2, 0) is 65.4 Å². The first kappa shape index (κ1) is 104. The van der Waals surface area contributed by atoms with Crippen LogP contribution in [0.1, 0.15) is 471 Å². The molecule has 0 radical (unpaired) electrons. The van der Waals surface area contributed by atoms with Gasteiger partial charge in [0.1, 0.15) is 19.3 Å². The van der Waals surface area contributed by atoms with E-state index in [-0.39, 0.29) is 25.7 Å². The molecule has 19 heteroatoms. The Bertz CT molecular complexity index is 2010. The topological polar surface area (TPSA) is 237 Å². The van der Waals surface area contributed by atoms with E-state index in [1.807, 2.05) is 0 Å². The largest absolute Gasteiger partial charge is 0.472 e. The summed E-state index contributed by atoms with van der Waals surface area (Å²) in [7, 11) is -9.92. The monoisotopic (exact) mass is 1550 g/mol. The first-order valence-electron chi connectivity index (χ1n) is 45.1. The Hall–Kier alpha value is -1.94. The molecular weight excluding hydrogens is 1380 g/mol. The number of aliphatic hydroxyl groups excluding tert-OH is 1. The Labute approximate surface area is 651 Å². The number of aliphatic hydroxyl groups is 1. The van der Waals surface area contributed by atoms with Crippen molar-refractivity contribution in [1.29, 1.82) is 0 Å². The summed E-state index contributed by atoms with van der Waals surface area (Å²) in [5.74, 6) is -1.29. The molecule has 17 nitrogen and oxygen atoms in total. The molecule has 0 spiro atoms. The van der Waals surface area contributed by atoms with Crippen LogP contribution >= 0.6 is 15.6 Å². The molecule has 0 fully saturated rings. The zero-order valence-corrected chi connectivity index (χ0v) is 71.4. The number of unbranched alkanes of at least 4 members (excludes halogenated alkanes) is 59. The van der Waals surface area contributed by atoms with Crippen molar-refractivity contribution in [1.82, 2.24) is 0 Å². The van der Waals surface area contributed by atoms with E-state index in [9.17, 15) is 43.2 Å². The van der Waals surface area contributed by atoms with E-state index in [2.05, 4.69) is 34.6 Å². The van der Waals surface area contributed by atoms with Crippen LogP contribution in [0.5, 0.6) is 0 Å². The Morgan fingerprint density at radius 1 is 0.255 bits per heavy atom. The summed E-state index contributed by atoms with van der Waals surface area (Å²) >= 11 is 0. The average Bonchev–Trinajstić information content (AvgIpc) is 0.904. The predicted molar refractivity (Wildman–Crippen MR) is 437 cm³/mol. The molecule has 0 aliphatic carbocycles. The normalized spacial score (nSPS) is 13.7. The first-order valence-corrected chi connectivity index (χ1v) is 48.1. The highest BCUT2D eigenvalue weighted by molar-refractivity contribution is 7.47. The Morgan fingerprint density at radius 3 is 0.642 bits per heavy atom. The number of carbonyl (C=O) groups is 4. The number of hydrogen-bond acceptors (Lipinski definition) is 15. The lowest BCUT2D eigenvalue weighted by atomic mass is 10.0. The summed E-state index contributed by atoms with van der Waals surface area (Å²) in [6, 6.07) is 0. The van der Waals surface area contributed by atoms with E-state index in [0.717, 1.165) is 95.8 Å². The lowest BCUT2D eigenvalue weighted by molar-refractivity contribution is -0.161. The SMILES string of the molecule is CCCCCCCCCCCCCCCCCCCCCCCCC(=O)O[C@H](COC(=O)CCCCCCCCCCCCCCCCCCC(C)C)COP(=O)(O)OC[C@@H](O)COP(=O)(O)OC[C@@H](COC(=O)CCCCCCCCCCC)OC(=O)CCCCCCCCCCCCCCCCCC. The van der Waals surface area contributed by atoms with Crippen LogP contribution in [-0.4, -0.2) is 96.7 Å². The number of rotatable bonds is 87. The number of phosphoric ester groups is 2. The van der Waals surface area contributed by atoms with Gasteiger partial charge in [-0.1, -0.05) is 420 Å². The van der Waals surface area contributed by atoms with Crippen LogP contribution in [0, 0.1) is 5.92 Å². The molecule has 0 bridgehead atoms. The number of phosphoric acid groups is 2. The fourth-order valence-electron chi connectivity index (χ4n) is 13.6. The van der Waals surface area contributed by atoms with Crippen molar-refractivity contribution in [2.45, 2.75) is 490 Å². The van der Waals surface area contributed by atoms with Gasteiger partial charge < -0.3 is 33.8 Å². The summed E-state index contributed by atoms with van der Waals surface area (Å²) < 4.78 is 68.9. The lowest BCUT2D eigenvalue weighted by Crippen LogP contribution is -2.30. The summed E-state index contributed by atoms with van der Waals surface area (Å²) in [4.78, 5) is 73.2. The van der Waals surface area contributed by atoms with Gasteiger partial charge in [-0.3, -0.25) is 37.3 Å². The Morgan fingerprint density at radius 2 is 0.434 bits per heavy atom. The molecular formula is C87H170O17P2. The second-order valence-electron chi connectivity index (χ2n) is 31.8. The standard InChI is InChI=1S/C87H170O17P2/c1-6-9-12-15-18-21-23-25-27-29-30-31-32-33-34-40-44-48-53-58-63-68-73-87(92)104-83(77-98-85(90)71-66-61-56-51-46-42-39-36-35-37-41-45-50-54-59-64-69-80(4)5)79-102-106(95,96)100-75-81(88)74-99-105(93,94)101-78-82(76-97-84(89)70-65-60-55-49-20-17-14-11-8-3)103-86(91)72-67-62-57-52-47-43-38-28-26-24-22-19-16-13-10-7-2/h80-83,88H,6-79H2,1-5H3,(H,93,94)(H,95,96)/t81-,82+,83+/m0/s1. The van der Waals surface area contributed by atoms with E-state index < -0.39 is 97.5 Å². The van der Waals surface area contributed by atoms with Crippen LogP contribution in [0.4, 0.5) is 0 Å². The minimum atomic E-state index is -4.97. The molecule has 3 N–H and O–H groups in total. The number of ether oxygens (including phenoxy) is 4.